The first-order valence-corrected chi connectivity index (χ1v) is 7.18. The summed E-state index contributed by atoms with van der Waals surface area (Å²) in [5.41, 5.74) is 5.38. The lowest BCUT2D eigenvalue weighted by Gasteiger charge is -2.65. The number of rotatable bonds is 4. The number of carbonyl (C=O) groups excluding carboxylic acids is 1. The topological polar surface area (TPSA) is 64.4 Å². The monoisotopic (exact) mass is 266 g/mol. The Labute approximate surface area is 115 Å². The van der Waals surface area contributed by atoms with Crippen LogP contribution in [-0.4, -0.2) is 30.2 Å². The van der Waals surface area contributed by atoms with Crippen LogP contribution in [0.3, 0.4) is 0 Å². The highest BCUT2D eigenvalue weighted by atomic mass is 16.5. The van der Waals surface area contributed by atoms with Gasteiger partial charge in [0.05, 0.1) is 6.10 Å². The maximum Gasteiger partial charge on any atom is 0.241 e. The Hall–Kier alpha value is -0.870. The molecule has 2 fully saturated rings. The lowest BCUT2D eigenvalue weighted by molar-refractivity contribution is -0.225. The van der Waals surface area contributed by atoms with Gasteiger partial charge < -0.3 is 15.8 Å². The number of hydrogen-bond donors (Lipinski definition) is 2. The molecule has 0 radical (unpaired) electrons. The first-order valence-electron chi connectivity index (χ1n) is 7.18. The molecule has 4 atom stereocenters. The predicted molar refractivity (Wildman–Crippen MR) is 75.6 cm³/mol. The molecule has 19 heavy (non-hydrogen) atoms. The van der Waals surface area contributed by atoms with E-state index in [9.17, 15) is 4.79 Å². The normalized spacial score (nSPS) is 37.7. The molecule has 4 nitrogen and oxygen atoms in total. The molecule has 0 aromatic heterocycles. The molecule has 3 N–H and O–H groups in total. The second-order valence-electron chi connectivity index (χ2n) is 6.53. The van der Waals surface area contributed by atoms with Gasteiger partial charge >= 0.3 is 0 Å². The Morgan fingerprint density at radius 1 is 1.63 bits per heavy atom. The van der Waals surface area contributed by atoms with E-state index in [2.05, 4.69) is 11.9 Å². The van der Waals surface area contributed by atoms with Crippen molar-refractivity contribution in [2.24, 2.45) is 17.1 Å². The van der Waals surface area contributed by atoms with Crippen molar-refractivity contribution in [1.82, 2.24) is 5.32 Å². The van der Waals surface area contributed by atoms with E-state index in [0.717, 1.165) is 25.9 Å². The van der Waals surface area contributed by atoms with Crippen molar-refractivity contribution in [1.29, 1.82) is 0 Å². The van der Waals surface area contributed by atoms with Gasteiger partial charge in [-0.15, -0.1) is 6.58 Å². The molecule has 0 aromatic rings. The number of nitrogens with one attached hydrogen (secondary N) is 1. The van der Waals surface area contributed by atoms with Crippen LogP contribution in [0.25, 0.3) is 0 Å². The molecular formula is C15H26N2O2. The van der Waals surface area contributed by atoms with Gasteiger partial charge in [0.15, 0.2) is 0 Å². The van der Waals surface area contributed by atoms with Crippen LogP contribution in [0.4, 0.5) is 0 Å². The second kappa shape index (κ2) is 4.91. The van der Waals surface area contributed by atoms with E-state index in [1.165, 1.54) is 0 Å². The zero-order chi connectivity index (χ0) is 14.3. The van der Waals surface area contributed by atoms with Crippen LogP contribution >= 0.6 is 0 Å². The van der Waals surface area contributed by atoms with Crippen LogP contribution in [0, 0.1) is 11.3 Å². The molecule has 0 bridgehead atoms. The highest BCUT2D eigenvalue weighted by molar-refractivity contribution is 5.89. The van der Waals surface area contributed by atoms with Gasteiger partial charge in [0, 0.05) is 24.0 Å². The third-order valence-electron chi connectivity index (χ3n) is 4.96. The standard InChI is InChI=1S/C15H26N2O2/c1-5-7-10(2)17-13(18)15(16)11-8-6-9-19-12(11)14(15,3)4/h5,10-12H,1,6-9,16H2,2-4H3,(H,17,18). The van der Waals surface area contributed by atoms with Crippen molar-refractivity contribution in [2.75, 3.05) is 6.61 Å². The molecule has 0 aromatic carbocycles. The Bertz CT molecular complexity index is 380. The average molecular weight is 266 g/mol. The van der Waals surface area contributed by atoms with Crippen LogP contribution < -0.4 is 11.1 Å². The van der Waals surface area contributed by atoms with Crippen molar-refractivity contribution in [2.45, 2.75) is 57.7 Å². The Kier molecular flexibility index (Phi) is 3.76. The van der Waals surface area contributed by atoms with E-state index < -0.39 is 5.54 Å². The largest absolute Gasteiger partial charge is 0.377 e. The van der Waals surface area contributed by atoms with Crippen LogP contribution in [-0.2, 0) is 9.53 Å². The summed E-state index contributed by atoms with van der Waals surface area (Å²) in [6.45, 7) is 10.5. The molecule has 1 aliphatic heterocycles. The summed E-state index contributed by atoms with van der Waals surface area (Å²) in [4.78, 5) is 12.6. The molecule has 0 spiro atoms. The van der Waals surface area contributed by atoms with E-state index in [1.54, 1.807) is 0 Å². The minimum Gasteiger partial charge on any atom is -0.377 e. The summed E-state index contributed by atoms with van der Waals surface area (Å²) in [6.07, 6.45) is 4.66. The van der Waals surface area contributed by atoms with Gasteiger partial charge in [-0.1, -0.05) is 19.9 Å². The van der Waals surface area contributed by atoms with Crippen LogP contribution in [0.5, 0.6) is 0 Å². The third-order valence-corrected chi connectivity index (χ3v) is 4.96. The Balaban J connectivity index is 2.12. The average Bonchev–Trinajstić information content (AvgIpc) is 2.37. The first kappa shape index (κ1) is 14.5. The smallest absolute Gasteiger partial charge is 0.241 e. The van der Waals surface area contributed by atoms with Gasteiger partial charge in [0.2, 0.25) is 5.91 Å². The number of nitrogens with two attached hydrogens (primary N) is 1. The zero-order valence-electron chi connectivity index (χ0n) is 12.2. The number of amides is 1. The van der Waals surface area contributed by atoms with Crippen molar-refractivity contribution < 1.29 is 9.53 Å². The molecule has 2 rings (SSSR count). The van der Waals surface area contributed by atoms with Gasteiger partial charge in [0.25, 0.3) is 0 Å². The maximum atomic E-state index is 12.6. The molecule has 2 aliphatic rings. The van der Waals surface area contributed by atoms with E-state index >= 15 is 0 Å². The van der Waals surface area contributed by atoms with Crippen molar-refractivity contribution in [3.05, 3.63) is 12.7 Å². The summed E-state index contributed by atoms with van der Waals surface area (Å²) < 4.78 is 5.81. The lowest BCUT2D eigenvalue weighted by Crippen LogP contribution is -2.82. The van der Waals surface area contributed by atoms with E-state index in [0.29, 0.717) is 0 Å². The SMILES string of the molecule is C=CCC(C)NC(=O)C1(N)C2CCCOC2C1(C)C. The summed E-state index contributed by atoms with van der Waals surface area (Å²) in [5, 5.41) is 3.02. The minimum absolute atomic E-state index is 0.0430. The van der Waals surface area contributed by atoms with Gasteiger partial charge in [-0.3, -0.25) is 4.79 Å². The van der Waals surface area contributed by atoms with Gasteiger partial charge in [0.1, 0.15) is 5.54 Å². The fraction of sp³-hybridized carbons (Fsp3) is 0.800. The van der Waals surface area contributed by atoms with Crippen molar-refractivity contribution in [3.63, 3.8) is 0 Å². The first-order chi connectivity index (χ1) is 8.85. The number of ether oxygens (including phenoxy) is 1. The molecule has 1 heterocycles. The number of hydrogen-bond acceptors (Lipinski definition) is 3. The quantitative estimate of drug-likeness (QED) is 0.760. The second-order valence-corrected chi connectivity index (χ2v) is 6.53. The van der Waals surface area contributed by atoms with Crippen molar-refractivity contribution in [3.8, 4) is 0 Å². The highest BCUT2D eigenvalue weighted by Gasteiger charge is 2.70. The molecule has 1 saturated heterocycles. The zero-order valence-corrected chi connectivity index (χ0v) is 12.2. The third kappa shape index (κ3) is 2.01. The summed E-state index contributed by atoms with van der Waals surface area (Å²) in [6, 6.07) is 0.0739. The highest BCUT2D eigenvalue weighted by Crippen LogP contribution is 2.57. The van der Waals surface area contributed by atoms with Gasteiger partial charge in [-0.25, -0.2) is 0 Å². The fourth-order valence-corrected chi connectivity index (χ4v) is 3.69. The van der Waals surface area contributed by atoms with Crippen molar-refractivity contribution >= 4 is 5.91 Å². The predicted octanol–water partition coefficient (Wildman–Crippen LogP) is 1.60. The van der Waals surface area contributed by atoms with Crippen LogP contribution in [0.15, 0.2) is 12.7 Å². The number of fused-ring (bicyclic) bond motifs is 1. The van der Waals surface area contributed by atoms with Crippen LogP contribution in [0.2, 0.25) is 0 Å². The molecule has 1 saturated carbocycles. The van der Waals surface area contributed by atoms with Gasteiger partial charge in [-0.2, -0.15) is 0 Å². The molecule has 108 valence electrons. The summed E-state index contributed by atoms with van der Waals surface area (Å²) >= 11 is 0. The Morgan fingerprint density at radius 2 is 2.32 bits per heavy atom. The van der Waals surface area contributed by atoms with E-state index in [-0.39, 0.29) is 29.4 Å². The maximum absolute atomic E-state index is 12.6. The summed E-state index contributed by atoms with van der Waals surface area (Å²) in [7, 11) is 0. The fourth-order valence-electron chi connectivity index (χ4n) is 3.69. The summed E-state index contributed by atoms with van der Waals surface area (Å²) in [5.74, 6) is 0.103. The lowest BCUT2D eigenvalue weighted by atomic mass is 9.46. The van der Waals surface area contributed by atoms with E-state index in [1.807, 2.05) is 26.8 Å². The molecule has 4 unspecified atom stereocenters. The van der Waals surface area contributed by atoms with Crippen LogP contribution in [0.1, 0.15) is 40.0 Å². The van der Waals surface area contributed by atoms with Gasteiger partial charge in [-0.05, 0) is 26.2 Å². The number of carbonyl (C=O) groups is 1. The minimum atomic E-state index is -0.812. The molecule has 4 heteroatoms. The molecular weight excluding hydrogens is 240 g/mol. The van der Waals surface area contributed by atoms with E-state index in [4.69, 9.17) is 10.5 Å². The Morgan fingerprint density at radius 3 is 2.95 bits per heavy atom. The molecule has 1 amide bonds. The molecule has 1 aliphatic carbocycles.